The molecule has 1 aromatic carbocycles. The van der Waals surface area contributed by atoms with Crippen molar-refractivity contribution in [3.05, 3.63) is 52.1 Å². The summed E-state index contributed by atoms with van der Waals surface area (Å²) in [5.74, 6) is 0. The normalized spacial score (nSPS) is 8.50. The minimum atomic E-state index is -0.862. The molecule has 0 aliphatic rings. The van der Waals surface area contributed by atoms with E-state index in [9.17, 15) is 0 Å². The molecule has 1 rings (SSSR count). The predicted octanol–water partition coefficient (Wildman–Crippen LogP) is 4.17. The molecule has 0 aliphatic carbocycles. The Morgan fingerprint density at radius 1 is 0.929 bits per heavy atom. The van der Waals surface area contributed by atoms with E-state index in [-0.39, 0.29) is 44.0 Å². The van der Waals surface area contributed by atoms with Crippen LogP contribution in [-0.4, -0.2) is 8.07 Å². The second-order valence-electron chi connectivity index (χ2n) is 4.03. The van der Waals surface area contributed by atoms with Crippen molar-refractivity contribution in [2.75, 3.05) is 0 Å². The van der Waals surface area contributed by atoms with Crippen molar-refractivity contribution >= 4 is 8.07 Å². The molecule has 0 aliphatic heterocycles. The number of hydrogen-bond donors (Lipinski definition) is 0. The summed E-state index contributed by atoms with van der Waals surface area (Å²) in [5.41, 5.74) is 1.51. The van der Waals surface area contributed by atoms with E-state index in [4.69, 9.17) is 0 Å². The van der Waals surface area contributed by atoms with Crippen LogP contribution in [0.5, 0.6) is 0 Å². The largest absolute Gasteiger partial charge is 4.00 e. The van der Waals surface area contributed by atoms with Crippen LogP contribution in [0.2, 0.25) is 19.6 Å². The second kappa shape index (κ2) is 9.82. The summed E-state index contributed by atoms with van der Waals surface area (Å²) in [6.45, 7) is 7.21. The molecule has 0 radical (unpaired) electrons. The number of hydrogen-bond acceptors (Lipinski definition) is 0. The minimum Gasteiger partial charge on any atom is -0.358 e. The van der Waals surface area contributed by atoms with Crippen molar-refractivity contribution in [2.45, 2.75) is 25.7 Å². The molecule has 0 atom stereocenters. The maximum atomic E-state index is 2.40. The summed E-state index contributed by atoms with van der Waals surface area (Å²) in [6, 6.07) is 10.0. The van der Waals surface area contributed by atoms with Gasteiger partial charge in [0.15, 0.2) is 0 Å². The maximum Gasteiger partial charge on any atom is 4.00 e. The van der Waals surface area contributed by atoms with E-state index < -0.39 is 8.07 Å². The van der Waals surface area contributed by atoms with Crippen molar-refractivity contribution < 1.29 is 21.7 Å². The van der Waals surface area contributed by atoms with Crippen LogP contribution >= 0.6 is 0 Å². The Balaban J connectivity index is -0.000000125. The molecule has 14 heavy (non-hydrogen) atoms. The first-order valence-electron chi connectivity index (χ1n) is 3.78. The average Bonchev–Trinajstić information content (AvgIpc) is 2.12. The molecule has 0 unspecified atom stereocenters. The van der Waals surface area contributed by atoms with Crippen molar-refractivity contribution in [1.82, 2.24) is 0 Å². The summed E-state index contributed by atoms with van der Waals surface area (Å²) in [5, 5.41) is 0. The van der Waals surface area contributed by atoms with Gasteiger partial charge in [-0.3, -0.25) is 0 Å². The second-order valence-corrected chi connectivity index (χ2v) is 9.51. The molecule has 0 fully saturated rings. The maximum absolute atomic E-state index is 2.40. The Morgan fingerprint density at radius 2 is 1.29 bits per heavy atom. The topological polar surface area (TPSA) is 0 Å². The van der Waals surface area contributed by atoms with Gasteiger partial charge < -0.3 is 22.3 Å². The Morgan fingerprint density at radius 3 is 1.57 bits per heavy atom. The summed E-state index contributed by atoms with van der Waals surface area (Å²) >= 11 is 0. The third-order valence-corrected chi connectivity index (χ3v) is 2.94. The molecular formula is C12H24SiTi. The first-order chi connectivity index (χ1) is 4.58. The average molecular weight is 244 g/mol. The summed E-state index contributed by atoms with van der Waals surface area (Å²) in [7, 11) is -0.862. The van der Waals surface area contributed by atoms with Gasteiger partial charge in [0, 0.05) is 8.07 Å². The third-order valence-electron chi connectivity index (χ3n) is 1.47. The zero-order valence-electron chi connectivity index (χ0n) is 10.5. The zero-order valence-corrected chi connectivity index (χ0v) is 13.1. The molecule has 0 nitrogen and oxygen atoms in total. The van der Waals surface area contributed by atoms with Gasteiger partial charge in [-0.05, 0) is 0 Å². The van der Waals surface area contributed by atoms with E-state index in [2.05, 4.69) is 43.9 Å². The smallest absolute Gasteiger partial charge is 0.358 e. The molecule has 0 saturated heterocycles. The molecule has 0 amide bonds. The van der Waals surface area contributed by atoms with Crippen LogP contribution in [0.1, 0.15) is 5.56 Å². The predicted molar refractivity (Wildman–Crippen MR) is 68.3 cm³/mol. The van der Waals surface area contributed by atoms with E-state index in [1.165, 1.54) is 11.6 Å². The van der Waals surface area contributed by atoms with E-state index in [1.807, 2.05) is 0 Å². The van der Waals surface area contributed by atoms with Crippen molar-refractivity contribution in [3.8, 4) is 0 Å². The van der Waals surface area contributed by atoms with E-state index in [0.717, 1.165) is 0 Å². The third kappa shape index (κ3) is 10.4. The molecule has 2 heteroatoms. The van der Waals surface area contributed by atoms with Gasteiger partial charge in [-0.1, -0.05) is 25.7 Å². The summed E-state index contributed by atoms with van der Waals surface area (Å²) < 4.78 is 0. The molecule has 80 valence electrons. The standard InChI is InChI=1S/C9H15Si.3CH3.Ti/c1-10(2,3)8-9-6-4-5-7-9;;;;/h4-7H,8H2,1-3H3;3*1H3;/q4*-1;+4. The quantitative estimate of drug-likeness (QED) is 0.541. The van der Waals surface area contributed by atoms with Gasteiger partial charge >= 0.3 is 21.7 Å². The van der Waals surface area contributed by atoms with Gasteiger partial charge in [0.2, 0.25) is 0 Å². The van der Waals surface area contributed by atoms with Crippen LogP contribution in [0.3, 0.4) is 0 Å². The SMILES string of the molecule is C[Si](C)(C)C[c-]1cccc1.[CH3-].[CH3-].[CH3-].[Ti+4]. The summed E-state index contributed by atoms with van der Waals surface area (Å²) in [6.07, 6.45) is 0. The molecular weight excluding hydrogens is 220 g/mol. The first-order valence-corrected chi connectivity index (χ1v) is 7.49. The van der Waals surface area contributed by atoms with Gasteiger partial charge in [0.05, 0.1) is 0 Å². The molecule has 0 saturated carbocycles. The van der Waals surface area contributed by atoms with Gasteiger partial charge in [-0.15, -0.1) is 0 Å². The minimum absolute atomic E-state index is 0. The van der Waals surface area contributed by atoms with Crippen LogP contribution < -0.4 is 0 Å². The van der Waals surface area contributed by atoms with Crippen LogP contribution in [0.4, 0.5) is 0 Å². The molecule has 0 spiro atoms. The Kier molecular flexibility index (Phi) is 16.7. The van der Waals surface area contributed by atoms with Crippen LogP contribution in [-0.2, 0) is 27.8 Å². The van der Waals surface area contributed by atoms with Gasteiger partial charge in [0.1, 0.15) is 0 Å². The molecule has 0 aromatic heterocycles. The van der Waals surface area contributed by atoms with Gasteiger partial charge in [0.25, 0.3) is 0 Å². The van der Waals surface area contributed by atoms with E-state index in [1.54, 1.807) is 0 Å². The zero-order chi connectivity index (χ0) is 7.61. The van der Waals surface area contributed by atoms with Crippen molar-refractivity contribution in [3.63, 3.8) is 0 Å². The summed E-state index contributed by atoms with van der Waals surface area (Å²) in [4.78, 5) is 0. The van der Waals surface area contributed by atoms with Gasteiger partial charge in [-0.2, -0.15) is 17.7 Å². The molecule has 0 bridgehead atoms. The van der Waals surface area contributed by atoms with E-state index >= 15 is 0 Å². The van der Waals surface area contributed by atoms with Crippen molar-refractivity contribution in [1.29, 1.82) is 0 Å². The van der Waals surface area contributed by atoms with Crippen LogP contribution in [0, 0.1) is 22.3 Å². The van der Waals surface area contributed by atoms with Crippen LogP contribution in [0.25, 0.3) is 0 Å². The van der Waals surface area contributed by atoms with Crippen LogP contribution in [0.15, 0.2) is 24.3 Å². The fourth-order valence-corrected chi connectivity index (χ4v) is 2.60. The number of rotatable bonds is 2. The fourth-order valence-electron chi connectivity index (χ4n) is 1.14. The Hall–Kier alpha value is 0.281. The first kappa shape index (κ1) is 23.8. The molecule has 1 aromatic rings. The Labute approximate surface area is 107 Å². The van der Waals surface area contributed by atoms with Crippen molar-refractivity contribution in [2.24, 2.45) is 0 Å². The molecule has 0 N–H and O–H groups in total. The Bertz CT molecular complexity index is 185. The fraction of sp³-hybridized carbons (Fsp3) is 0.333. The van der Waals surface area contributed by atoms with E-state index in [0.29, 0.717) is 0 Å². The molecule has 0 heterocycles. The monoisotopic (exact) mass is 244 g/mol. The van der Waals surface area contributed by atoms with Gasteiger partial charge in [-0.25, -0.2) is 12.1 Å².